The van der Waals surface area contributed by atoms with Crippen LogP contribution in [-0.2, 0) is 16.1 Å². The van der Waals surface area contributed by atoms with Gasteiger partial charge in [0.2, 0.25) is 11.8 Å². The van der Waals surface area contributed by atoms with Crippen LogP contribution in [0.2, 0.25) is 0 Å². The summed E-state index contributed by atoms with van der Waals surface area (Å²) in [7, 11) is 1.58. The predicted octanol–water partition coefficient (Wildman–Crippen LogP) is 2.84. The van der Waals surface area contributed by atoms with Crippen LogP contribution in [0.15, 0.2) is 53.5 Å². The number of nitrogens with two attached hydrogens (primary N) is 1. The van der Waals surface area contributed by atoms with Crippen molar-refractivity contribution in [3.05, 3.63) is 59.9 Å². The van der Waals surface area contributed by atoms with Crippen LogP contribution in [0, 0.1) is 5.82 Å². The lowest BCUT2D eigenvalue weighted by Crippen LogP contribution is -2.45. The van der Waals surface area contributed by atoms with E-state index < -0.39 is 11.2 Å². The molecule has 0 bridgehead atoms. The van der Waals surface area contributed by atoms with Crippen molar-refractivity contribution >= 4 is 34.4 Å². The van der Waals surface area contributed by atoms with Gasteiger partial charge in [-0.15, -0.1) is 0 Å². The number of benzene rings is 2. The first-order chi connectivity index (χ1) is 13.0. The first kappa shape index (κ1) is 18.9. The molecule has 1 atom stereocenters. The van der Waals surface area contributed by atoms with Crippen LogP contribution in [-0.4, -0.2) is 34.2 Å². The van der Waals surface area contributed by atoms with Crippen molar-refractivity contribution in [2.24, 2.45) is 10.7 Å². The number of hydrogen-bond donors (Lipinski definition) is 1. The molecule has 0 saturated carbocycles. The molecule has 0 spiro atoms. The molecule has 1 fully saturated rings. The number of amidine groups is 1. The number of carbonyl (C=O) groups is 2. The summed E-state index contributed by atoms with van der Waals surface area (Å²) < 4.78 is 18.3. The van der Waals surface area contributed by atoms with Crippen LogP contribution in [0.5, 0.6) is 5.75 Å². The normalized spacial score (nSPS) is 18.6. The van der Waals surface area contributed by atoms with E-state index in [1.54, 1.807) is 19.2 Å². The van der Waals surface area contributed by atoms with Gasteiger partial charge in [-0.05, 0) is 42.0 Å². The second-order valence-corrected chi connectivity index (χ2v) is 7.08. The van der Waals surface area contributed by atoms with Gasteiger partial charge in [-0.25, -0.2) is 9.38 Å². The summed E-state index contributed by atoms with van der Waals surface area (Å²) in [6.45, 7) is 0.293. The molecule has 1 aliphatic rings. The molecule has 0 aromatic heterocycles. The van der Waals surface area contributed by atoms with E-state index in [9.17, 15) is 14.0 Å². The van der Waals surface area contributed by atoms with Crippen molar-refractivity contribution in [2.45, 2.75) is 18.2 Å². The minimum atomic E-state index is -0.677. The summed E-state index contributed by atoms with van der Waals surface area (Å²) in [6, 6.07) is 12.9. The van der Waals surface area contributed by atoms with Crippen LogP contribution in [0.1, 0.15) is 12.0 Å². The second-order valence-electron chi connectivity index (χ2n) is 5.91. The Morgan fingerprint density at radius 2 is 1.93 bits per heavy atom. The van der Waals surface area contributed by atoms with Crippen LogP contribution < -0.4 is 10.5 Å². The maximum Gasteiger partial charge on any atom is 0.231 e. The van der Waals surface area contributed by atoms with Gasteiger partial charge in [0.15, 0.2) is 5.17 Å². The average molecular weight is 387 g/mol. The molecular weight excluding hydrogens is 369 g/mol. The number of methoxy groups -OCH3 is 1. The molecule has 8 heteroatoms. The van der Waals surface area contributed by atoms with Gasteiger partial charge in [0.1, 0.15) is 11.6 Å². The number of carbonyl (C=O) groups excluding carboxylic acids is 2. The third kappa shape index (κ3) is 4.65. The average Bonchev–Trinajstić information content (AvgIpc) is 2.66. The van der Waals surface area contributed by atoms with E-state index in [1.165, 1.54) is 29.2 Å². The van der Waals surface area contributed by atoms with Crippen molar-refractivity contribution < 1.29 is 18.7 Å². The number of hydrogen-bond acceptors (Lipinski definition) is 5. The Morgan fingerprint density at radius 1 is 1.26 bits per heavy atom. The first-order valence-electron chi connectivity index (χ1n) is 8.20. The maximum atomic E-state index is 13.1. The Labute approximate surface area is 160 Å². The Bertz CT molecular complexity index is 869. The van der Waals surface area contributed by atoms with E-state index in [2.05, 4.69) is 4.99 Å². The number of ether oxygens (including phenoxy) is 1. The van der Waals surface area contributed by atoms with Crippen molar-refractivity contribution in [1.82, 2.24) is 4.90 Å². The molecule has 27 heavy (non-hydrogen) atoms. The summed E-state index contributed by atoms with van der Waals surface area (Å²) in [5.74, 6) is -0.470. The number of amides is 2. The Balaban J connectivity index is 1.90. The smallest absolute Gasteiger partial charge is 0.231 e. The number of aliphatic imine (C=N–C) groups is 1. The summed E-state index contributed by atoms with van der Waals surface area (Å²) in [6.07, 6.45) is 0.0125. The minimum Gasteiger partial charge on any atom is -0.497 e. The van der Waals surface area contributed by atoms with Gasteiger partial charge < -0.3 is 10.5 Å². The number of halogens is 1. The van der Waals surface area contributed by atoms with Crippen LogP contribution in [0.25, 0.3) is 0 Å². The molecule has 2 aromatic rings. The van der Waals surface area contributed by atoms with Gasteiger partial charge >= 0.3 is 0 Å². The topological polar surface area (TPSA) is 85.0 Å². The highest BCUT2D eigenvalue weighted by molar-refractivity contribution is 8.15. The fraction of sp³-hybridized carbons (Fsp3) is 0.211. The second kappa shape index (κ2) is 8.22. The number of rotatable bonds is 5. The van der Waals surface area contributed by atoms with Gasteiger partial charge in [-0.3, -0.25) is 14.5 Å². The fourth-order valence-corrected chi connectivity index (χ4v) is 3.60. The number of nitrogens with zero attached hydrogens (tertiary/aromatic N) is 2. The number of thioether (sulfide) groups is 1. The van der Waals surface area contributed by atoms with Crippen molar-refractivity contribution in [2.75, 3.05) is 7.11 Å². The highest BCUT2D eigenvalue weighted by Crippen LogP contribution is 2.30. The zero-order chi connectivity index (χ0) is 19.4. The number of primary amides is 1. The first-order valence-corrected chi connectivity index (χ1v) is 9.08. The molecule has 0 radical (unpaired) electrons. The lowest BCUT2D eigenvalue weighted by atomic mass is 10.2. The lowest BCUT2D eigenvalue weighted by Gasteiger charge is -2.31. The van der Waals surface area contributed by atoms with E-state index in [0.717, 1.165) is 17.3 Å². The molecule has 140 valence electrons. The quantitative estimate of drug-likeness (QED) is 0.855. The molecule has 0 aliphatic carbocycles. The molecule has 1 heterocycles. The molecule has 2 amide bonds. The molecule has 2 aromatic carbocycles. The molecule has 1 saturated heterocycles. The molecule has 1 aliphatic heterocycles. The zero-order valence-corrected chi connectivity index (χ0v) is 15.4. The third-order valence-electron chi connectivity index (χ3n) is 4.01. The predicted molar refractivity (Wildman–Crippen MR) is 102 cm³/mol. The monoisotopic (exact) mass is 387 g/mol. The van der Waals surface area contributed by atoms with Gasteiger partial charge in [0.25, 0.3) is 0 Å². The maximum absolute atomic E-state index is 13.1. The molecule has 1 unspecified atom stereocenters. The van der Waals surface area contributed by atoms with E-state index in [4.69, 9.17) is 10.5 Å². The summed E-state index contributed by atoms with van der Waals surface area (Å²) >= 11 is 1.14. The van der Waals surface area contributed by atoms with E-state index >= 15 is 0 Å². The summed E-state index contributed by atoms with van der Waals surface area (Å²) in [5.41, 5.74) is 6.75. The lowest BCUT2D eigenvalue weighted by molar-refractivity contribution is -0.130. The molecule has 3 rings (SSSR count). The van der Waals surface area contributed by atoms with Crippen molar-refractivity contribution in [3.63, 3.8) is 0 Å². The molecule has 2 N–H and O–H groups in total. The molecular formula is C19H18FN3O3S. The molecule has 6 nitrogen and oxygen atoms in total. The summed E-state index contributed by atoms with van der Waals surface area (Å²) in [4.78, 5) is 30.2. The van der Waals surface area contributed by atoms with E-state index in [-0.39, 0.29) is 18.1 Å². The van der Waals surface area contributed by atoms with Gasteiger partial charge in [-0.1, -0.05) is 23.9 Å². The largest absolute Gasteiger partial charge is 0.497 e. The third-order valence-corrected chi connectivity index (χ3v) is 5.21. The van der Waals surface area contributed by atoms with Gasteiger partial charge in [-0.2, -0.15) is 0 Å². The van der Waals surface area contributed by atoms with Crippen molar-refractivity contribution in [3.8, 4) is 5.75 Å². The van der Waals surface area contributed by atoms with Crippen LogP contribution in [0.3, 0.4) is 0 Å². The minimum absolute atomic E-state index is 0.0125. The van der Waals surface area contributed by atoms with Gasteiger partial charge in [0.05, 0.1) is 24.6 Å². The summed E-state index contributed by atoms with van der Waals surface area (Å²) in [5, 5.41) is -0.318. The zero-order valence-electron chi connectivity index (χ0n) is 14.6. The van der Waals surface area contributed by atoms with Crippen molar-refractivity contribution in [1.29, 1.82) is 0 Å². The van der Waals surface area contributed by atoms with Gasteiger partial charge in [0, 0.05) is 6.42 Å². The highest BCUT2D eigenvalue weighted by Gasteiger charge is 2.34. The van der Waals surface area contributed by atoms with Crippen LogP contribution >= 0.6 is 11.8 Å². The van der Waals surface area contributed by atoms with E-state index in [0.29, 0.717) is 23.1 Å². The fourth-order valence-electron chi connectivity index (χ4n) is 2.55. The standard InChI is InChI=1S/C19H18FN3O3S/c1-26-15-8-2-12(3-9-15)11-23-17(24)10-16(18(21)25)27-19(23)22-14-6-4-13(20)5-7-14/h2-9,16H,10-11H2,1H3,(H2,21,25). The SMILES string of the molecule is COc1ccc(CN2C(=O)CC(C(N)=O)SC2=Nc2ccc(F)cc2)cc1. The van der Waals surface area contributed by atoms with E-state index in [1.807, 2.05) is 12.1 Å². The highest BCUT2D eigenvalue weighted by atomic mass is 32.2. The Kier molecular flexibility index (Phi) is 5.75. The van der Waals surface area contributed by atoms with Crippen LogP contribution in [0.4, 0.5) is 10.1 Å². The Hall–Kier alpha value is -2.87. The Morgan fingerprint density at radius 3 is 2.52 bits per heavy atom.